The summed E-state index contributed by atoms with van der Waals surface area (Å²) in [7, 11) is -4.41. The Balaban J connectivity index is 1.39. The summed E-state index contributed by atoms with van der Waals surface area (Å²) in [6, 6.07) is 0. The van der Waals surface area contributed by atoms with Gasteiger partial charge in [-0.3, -0.25) is 14.1 Å². The molecule has 0 saturated heterocycles. The molecule has 0 aromatic heterocycles. The van der Waals surface area contributed by atoms with Gasteiger partial charge in [0.1, 0.15) is 6.54 Å². The summed E-state index contributed by atoms with van der Waals surface area (Å²) in [5.41, 5.74) is 0.488. The SMILES string of the molecule is C[C@H](CCC(=O)NCC(=O)O)[C@H]1CC[C@H]2[C@@H]3CC[C@@H]4C[C@H](OS(=O)(=O)O)CC[C@]4(C)[C@H]3CC[C@]12C. The predicted molar refractivity (Wildman–Crippen MR) is 131 cm³/mol. The molecule has 9 atom stereocenters. The van der Waals surface area contributed by atoms with Crippen LogP contribution in [-0.4, -0.2) is 42.6 Å². The Bertz CT molecular complexity index is 923. The predicted octanol–water partition coefficient (Wildman–Crippen LogP) is 4.45. The summed E-state index contributed by atoms with van der Waals surface area (Å²) in [5.74, 6) is 2.31. The van der Waals surface area contributed by atoms with Crippen LogP contribution in [0.25, 0.3) is 0 Å². The summed E-state index contributed by atoms with van der Waals surface area (Å²) >= 11 is 0. The fourth-order valence-corrected chi connectivity index (χ4v) is 9.79. The monoisotopic (exact) mass is 513 g/mol. The van der Waals surface area contributed by atoms with Gasteiger partial charge in [-0.2, -0.15) is 8.42 Å². The van der Waals surface area contributed by atoms with E-state index >= 15 is 0 Å². The standard InChI is InChI=1S/C26H43NO7S/c1-16(4-9-23(28)27-15-24(29)30)20-7-8-21-19-6-5-17-14-18(34-35(31,32)33)10-12-25(17,2)22(19)11-13-26(20,21)3/h16-22H,4-15H2,1-3H3,(H,27,28)(H,29,30)(H,31,32,33)/t16-,17-,18-,19+,20-,21+,22+,25+,26-/m1/s1. The van der Waals surface area contributed by atoms with Crippen molar-refractivity contribution >= 4 is 22.3 Å². The van der Waals surface area contributed by atoms with E-state index < -0.39 is 22.5 Å². The maximum atomic E-state index is 12.1. The lowest BCUT2D eigenvalue weighted by Crippen LogP contribution is -2.54. The number of carbonyl (C=O) groups is 2. The van der Waals surface area contributed by atoms with Crippen molar-refractivity contribution in [2.75, 3.05) is 6.54 Å². The number of hydrogen-bond acceptors (Lipinski definition) is 5. The second-order valence-electron chi connectivity index (χ2n) is 12.5. The second-order valence-corrected chi connectivity index (χ2v) is 13.5. The Morgan fingerprint density at radius 1 is 1.03 bits per heavy atom. The summed E-state index contributed by atoms with van der Waals surface area (Å²) < 4.78 is 36.6. The minimum absolute atomic E-state index is 0.178. The van der Waals surface area contributed by atoms with Crippen molar-refractivity contribution in [2.45, 2.75) is 97.5 Å². The van der Waals surface area contributed by atoms with E-state index in [4.69, 9.17) is 13.8 Å². The zero-order valence-electron chi connectivity index (χ0n) is 21.4. The average molecular weight is 514 g/mol. The van der Waals surface area contributed by atoms with Crippen LogP contribution in [0.15, 0.2) is 0 Å². The molecular formula is C26H43NO7S. The summed E-state index contributed by atoms with van der Waals surface area (Å²) in [6.07, 6.45) is 10.2. The fourth-order valence-electron chi connectivity index (χ4n) is 9.28. The van der Waals surface area contributed by atoms with E-state index in [1.807, 2.05) is 0 Å². The van der Waals surface area contributed by atoms with Crippen LogP contribution in [0.5, 0.6) is 0 Å². The van der Waals surface area contributed by atoms with Crippen molar-refractivity contribution < 1.29 is 31.8 Å². The number of fused-ring (bicyclic) bond motifs is 5. The van der Waals surface area contributed by atoms with Gasteiger partial charge < -0.3 is 10.4 Å². The maximum absolute atomic E-state index is 12.1. The number of rotatable bonds is 8. The first-order chi connectivity index (χ1) is 16.3. The number of carboxylic acid groups (broad SMARTS) is 1. The van der Waals surface area contributed by atoms with E-state index in [2.05, 4.69) is 26.1 Å². The van der Waals surface area contributed by atoms with E-state index in [1.165, 1.54) is 32.1 Å². The van der Waals surface area contributed by atoms with Gasteiger partial charge in [-0.1, -0.05) is 20.8 Å². The molecule has 4 rings (SSSR count). The third-order valence-electron chi connectivity index (χ3n) is 10.9. The molecule has 0 unspecified atom stereocenters. The highest BCUT2D eigenvalue weighted by Crippen LogP contribution is 2.68. The first kappa shape index (κ1) is 26.9. The van der Waals surface area contributed by atoms with Crippen LogP contribution in [-0.2, 0) is 24.2 Å². The molecule has 0 aromatic carbocycles. The molecule has 8 nitrogen and oxygen atoms in total. The van der Waals surface area contributed by atoms with E-state index in [1.54, 1.807) is 0 Å². The van der Waals surface area contributed by atoms with Gasteiger partial charge in [0.15, 0.2) is 0 Å². The molecule has 4 saturated carbocycles. The van der Waals surface area contributed by atoms with Crippen LogP contribution in [0.3, 0.4) is 0 Å². The lowest BCUT2D eigenvalue weighted by Gasteiger charge is -2.61. The molecule has 1 amide bonds. The molecule has 0 radical (unpaired) electrons. The van der Waals surface area contributed by atoms with Crippen LogP contribution < -0.4 is 5.32 Å². The van der Waals surface area contributed by atoms with Gasteiger partial charge in [0.05, 0.1) is 6.10 Å². The minimum Gasteiger partial charge on any atom is -0.480 e. The molecule has 0 spiro atoms. The zero-order valence-corrected chi connectivity index (χ0v) is 22.2. The van der Waals surface area contributed by atoms with Gasteiger partial charge in [0.2, 0.25) is 5.91 Å². The molecule has 3 N–H and O–H groups in total. The highest BCUT2D eigenvalue weighted by Gasteiger charge is 2.60. The Labute approximate surface area is 209 Å². The van der Waals surface area contributed by atoms with E-state index in [0.717, 1.165) is 19.3 Å². The highest BCUT2D eigenvalue weighted by molar-refractivity contribution is 7.80. The van der Waals surface area contributed by atoms with Gasteiger partial charge >= 0.3 is 16.4 Å². The summed E-state index contributed by atoms with van der Waals surface area (Å²) in [5, 5.41) is 11.2. The Kier molecular flexibility index (Phi) is 7.62. The zero-order chi connectivity index (χ0) is 25.6. The fraction of sp³-hybridized carbons (Fsp3) is 0.923. The molecular weight excluding hydrogens is 470 g/mol. The van der Waals surface area contributed by atoms with E-state index in [0.29, 0.717) is 54.8 Å². The highest BCUT2D eigenvalue weighted by atomic mass is 32.3. The normalized spacial score (nSPS) is 41.8. The van der Waals surface area contributed by atoms with Gasteiger partial charge in [0, 0.05) is 6.42 Å². The number of carboxylic acids is 1. The third kappa shape index (κ3) is 5.42. The molecule has 0 aliphatic heterocycles. The van der Waals surface area contributed by atoms with Gasteiger partial charge in [-0.25, -0.2) is 4.18 Å². The van der Waals surface area contributed by atoms with E-state index in [-0.39, 0.29) is 23.3 Å². The van der Waals surface area contributed by atoms with Crippen LogP contribution in [0, 0.1) is 46.3 Å². The first-order valence-electron chi connectivity index (χ1n) is 13.5. The average Bonchev–Trinajstić information content (AvgIpc) is 3.12. The number of carbonyl (C=O) groups excluding carboxylic acids is 1. The van der Waals surface area contributed by atoms with Crippen molar-refractivity contribution in [3.63, 3.8) is 0 Å². The van der Waals surface area contributed by atoms with Crippen LogP contribution in [0.2, 0.25) is 0 Å². The van der Waals surface area contributed by atoms with Crippen LogP contribution >= 0.6 is 0 Å². The molecule has 0 bridgehead atoms. The van der Waals surface area contributed by atoms with Crippen LogP contribution in [0.4, 0.5) is 0 Å². The molecule has 9 heteroatoms. The van der Waals surface area contributed by atoms with E-state index in [9.17, 15) is 18.0 Å². The Morgan fingerprint density at radius 2 is 1.71 bits per heavy atom. The van der Waals surface area contributed by atoms with Crippen molar-refractivity contribution in [2.24, 2.45) is 46.3 Å². The third-order valence-corrected chi connectivity index (χ3v) is 11.4. The molecule has 0 heterocycles. The van der Waals surface area contributed by atoms with Crippen molar-refractivity contribution in [1.29, 1.82) is 0 Å². The Morgan fingerprint density at radius 3 is 2.40 bits per heavy atom. The maximum Gasteiger partial charge on any atom is 0.397 e. The molecule has 200 valence electrons. The summed E-state index contributed by atoms with van der Waals surface area (Å²) in [4.78, 5) is 22.7. The van der Waals surface area contributed by atoms with Crippen molar-refractivity contribution in [3.8, 4) is 0 Å². The first-order valence-corrected chi connectivity index (χ1v) is 14.8. The number of amides is 1. The number of hydrogen-bond donors (Lipinski definition) is 3. The molecule has 4 aliphatic carbocycles. The van der Waals surface area contributed by atoms with Crippen molar-refractivity contribution in [3.05, 3.63) is 0 Å². The second kappa shape index (κ2) is 9.93. The van der Waals surface area contributed by atoms with Gasteiger partial charge in [-0.15, -0.1) is 0 Å². The minimum atomic E-state index is -4.41. The van der Waals surface area contributed by atoms with Crippen molar-refractivity contribution in [1.82, 2.24) is 5.32 Å². The lowest BCUT2D eigenvalue weighted by atomic mass is 9.44. The van der Waals surface area contributed by atoms with Gasteiger partial charge in [-0.05, 0) is 111 Å². The molecule has 35 heavy (non-hydrogen) atoms. The quantitative estimate of drug-likeness (QED) is 0.409. The number of aliphatic carboxylic acids is 1. The summed E-state index contributed by atoms with van der Waals surface area (Å²) in [6.45, 7) is 6.86. The lowest BCUT2D eigenvalue weighted by molar-refractivity contribution is -0.138. The smallest absolute Gasteiger partial charge is 0.397 e. The molecule has 4 aliphatic rings. The van der Waals surface area contributed by atoms with Gasteiger partial charge in [0.25, 0.3) is 0 Å². The largest absolute Gasteiger partial charge is 0.480 e. The Hall–Kier alpha value is -1.19. The number of nitrogens with one attached hydrogen (secondary N) is 1. The van der Waals surface area contributed by atoms with Crippen LogP contribution in [0.1, 0.15) is 91.4 Å². The topological polar surface area (TPSA) is 130 Å². The molecule has 4 fully saturated rings. The molecule has 0 aromatic rings.